The fourth-order valence-corrected chi connectivity index (χ4v) is 3.92. The number of pyridine rings is 1. The van der Waals surface area contributed by atoms with Gasteiger partial charge in [-0.05, 0) is 56.3 Å². The molecule has 1 aromatic heterocycles. The molecule has 1 saturated carbocycles. The highest BCUT2D eigenvalue weighted by Gasteiger charge is 2.38. The number of ether oxygens (including phenoxy) is 1. The van der Waals surface area contributed by atoms with Crippen LogP contribution in [-0.2, 0) is 4.79 Å². The molecule has 168 valence electrons. The Bertz CT molecular complexity index is 939. The van der Waals surface area contributed by atoms with E-state index in [1.54, 1.807) is 7.11 Å². The Labute approximate surface area is 177 Å². The van der Waals surface area contributed by atoms with E-state index in [2.05, 4.69) is 15.6 Å². The quantitative estimate of drug-likeness (QED) is 0.677. The van der Waals surface area contributed by atoms with Gasteiger partial charge in [0.15, 0.2) is 0 Å². The SMILES string of the molecule is COc1nc2ccccc2cc1C(=O)NC1CC(C2CCNC2)C1.O=C(O)C(F)(F)F. The number of hydrogen-bond donors (Lipinski definition) is 3. The Morgan fingerprint density at radius 3 is 2.48 bits per heavy atom. The van der Waals surface area contributed by atoms with Gasteiger partial charge in [0.2, 0.25) is 5.88 Å². The normalized spacial score (nSPS) is 22.8. The number of nitrogens with zero attached hydrogens (tertiary/aromatic N) is 1. The zero-order valence-corrected chi connectivity index (χ0v) is 16.9. The maximum atomic E-state index is 12.7. The smallest absolute Gasteiger partial charge is 0.480 e. The standard InChI is InChI=1S/C19H23N3O2.C2HF3O2/c1-24-19-16(10-12-4-2-3-5-17(12)22-19)18(23)21-15-8-14(9-15)13-6-7-20-11-13;3-2(4,5)1(6)7/h2-5,10,13-15,20H,6-9,11H2,1H3,(H,21,23);(H,6,7). The van der Waals surface area contributed by atoms with Gasteiger partial charge in [-0.2, -0.15) is 13.2 Å². The Hall–Kier alpha value is -2.88. The second-order valence-electron chi connectivity index (χ2n) is 7.70. The van der Waals surface area contributed by atoms with Crippen molar-refractivity contribution in [2.45, 2.75) is 31.5 Å². The van der Waals surface area contributed by atoms with Crippen LogP contribution in [0.15, 0.2) is 30.3 Å². The van der Waals surface area contributed by atoms with Gasteiger partial charge >= 0.3 is 12.1 Å². The first-order valence-corrected chi connectivity index (χ1v) is 9.94. The van der Waals surface area contributed by atoms with Crippen molar-refractivity contribution in [3.63, 3.8) is 0 Å². The number of nitrogens with one attached hydrogen (secondary N) is 2. The number of carboxylic acids is 1. The van der Waals surface area contributed by atoms with Crippen LogP contribution < -0.4 is 15.4 Å². The average Bonchev–Trinajstić information content (AvgIpc) is 3.23. The number of alkyl halides is 3. The fraction of sp³-hybridized carbons (Fsp3) is 0.476. The third kappa shape index (κ3) is 5.63. The number of hydrogen-bond acceptors (Lipinski definition) is 5. The van der Waals surface area contributed by atoms with Crippen molar-refractivity contribution in [3.8, 4) is 5.88 Å². The van der Waals surface area contributed by atoms with Crippen molar-refractivity contribution in [2.24, 2.45) is 11.8 Å². The number of carbonyl (C=O) groups is 2. The molecule has 1 amide bonds. The van der Waals surface area contributed by atoms with Crippen molar-refractivity contribution in [1.29, 1.82) is 0 Å². The molecule has 2 fully saturated rings. The maximum Gasteiger partial charge on any atom is 0.490 e. The molecule has 2 aliphatic rings. The van der Waals surface area contributed by atoms with E-state index in [4.69, 9.17) is 14.6 Å². The number of amides is 1. The Morgan fingerprint density at radius 2 is 1.90 bits per heavy atom. The van der Waals surface area contributed by atoms with E-state index < -0.39 is 12.1 Å². The summed E-state index contributed by atoms with van der Waals surface area (Å²) in [6, 6.07) is 9.91. The first kappa shape index (κ1) is 22.8. The summed E-state index contributed by atoms with van der Waals surface area (Å²) < 4.78 is 37.1. The number of rotatable bonds is 4. The van der Waals surface area contributed by atoms with Gasteiger partial charge in [0, 0.05) is 11.4 Å². The molecule has 0 bridgehead atoms. The maximum absolute atomic E-state index is 12.7. The molecule has 1 aliphatic heterocycles. The predicted octanol–water partition coefficient (Wildman–Crippen LogP) is 2.99. The van der Waals surface area contributed by atoms with Gasteiger partial charge in [0.1, 0.15) is 5.56 Å². The number of carbonyl (C=O) groups excluding carboxylic acids is 1. The molecule has 10 heteroatoms. The van der Waals surface area contributed by atoms with Gasteiger partial charge in [-0.15, -0.1) is 0 Å². The highest BCUT2D eigenvalue weighted by atomic mass is 19.4. The summed E-state index contributed by atoms with van der Waals surface area (Å²) >= 11 is 0. The van der Waals surface area contributed by atoms with Crippen LogP contribution in [-0.4, -0.2) is 54.4 Å². The van der Waals surface area contributed by atoms with Gasteiger partial charge in [-0.3, -0.25) is 4.79 Å². The number of benzene rings is 1. The summed E-state index contributed by atoms with van der Waals surface area (Å²) in [4.78, 5) is 26.0. The number of carboxylic acid groups (broad SMARTS) is 1. The molecular weight excluding hydrogens is 415 g/mol. The molecular formula is C21H24F3N3O4. The lowest BCUT2D eigenvalue weighted by Gasteiger charge is -2.39. The Kier molecular flexibility index (Phi) is 6.99. The highest BCUT2D eigenvalue weighted by molar-refractivity contribution is 6.00. The van der Waals surface area contributed by atoms with Crippen LogP contribution in [0.3, 0.4) is 0 Å². The first-order valence-electron chi connectivity index (χ1n) is 9.94. The topological polar surface area (TPSA) is 101 Å². The van der Waals surface area contributed by atoms with E-state index in [9.17, 15) is 18.0 Å². The number of fused-ring (bicyclic) bond motifs is 1. The zero-order valence-electron chi connectivity index (χ0n) is 16.9. The van der Waals surface area contributed by atoms with Crippen LogP contribution in [0.4, 0.5) is 13.2 Å². The van der Waals surface area contributed by atoms with Crippen LogP contribution >= 0.6 is 0 Å². The molecule has 2 aromatic rings. The Morgan fingerprint density at radius 1 is 1.23 bits per heavy atom. The van der Waals surface area contributed by atoms with Crippen molar-refractivity contribution in [3.05, 3.63) is 35.9 Å². The number of methoxy groups -OCH3 is 1. The summed E-state index contributed by atoms with van der Waals surface area (Å²) in [5.41, 5.74) is 1.35. The molecule has 1 saturated heterocycles. The molecule has 2 heterocycles. The number of aliphatic carboxylic acids is 1. The number of aromatic nitrogens is 1. The predicted molar refractivity (Wildman–Crippen MR) is 107 cm³/mol. The molecule has 1 aliphatic carbocycles. The lowest BCUT2D eigenvalue weighted by Crippen LogP contribution is -2.46. The van der Waals surface area contributed by atoms with Crippen molar-refractivity contribution in [1.82, 2.24) is 15.6 Å². The van der Waals surface area contributed by atoms with Gasteiger partial charge < -0.3 is 20.5 Å². The van der Waals surface area contributed by atoms with Crippen molar-refractivity contribution < 1.29 is 32.6 Å². The molecule has 1 aromatic carbocycles. The monoisotopic (exact) mass is 439 g/mol. The van der Waals surface area contributed by atoms with E-state index in [1.807, 2.05) is 30.3 Å². The van der Waals surface area contributed by atoms with Gasteiger partial charge in [0.25, 0.3) is 5.91 Å². The largest absolute Gasteiger partial charge is 0.490 e. The van der Waals surface area contributed by atoms with E-state index >= 15 is 0 Å². The molecule has 0 spiro atoms. The van der Waals surface area contributed by atoms with E-state index in [1.165, 1.54) is 6.42 Å². The van der Waals surface area contributed by atoms with Gasteiger partial charge in [-0.25, -0.2) is 9.78 Å². The summed E-state index contributed by atoms with van der Waals surface area (Å²) in [7, 11) is 1.56. The Balaban J connectivity index is 0.000000339. The summed E-state index contributed by atoms with van der Waals surface area (Å²) in [6.45, 7) is 2.27. The molecule has 1 atom stereocenters. The highest BCUT2D eigenvalue weighted by Crippen LogP contribution is 2.37. The molecule has 7 nitrogen and oxygen atoms in total. The van der Waals surface area contributed by atoms with Crippen molar-refractivity contribution >= 4 is 22.8 Å². The van der Waals surface area contributed by atoms with E-state index in [0.717, 1.165) is 48.7 Å². The third-order valence-corrected chi connectivity index (χ3v) is 5.64. The molecule has 3 N–H and O–H groups in total. The van der Waals surface area contributed by atoms with Crippen LogP contribution in [0.2, 0.25) is 0 Å². The fourth-order valence-electron chi connectivity index (χ4n) is 3.92. The second kappa shape index (κ2) is 9.51. The number of para-hydroxylation sites is 1. The molecule has 0 radical (unpaired) electrons. The first-order chi connectivity index (χ1) is 14.7. The lowest BCUT2D eigenvalue weighted by atomic mass is 9.72. The van der Waals surface area contributed by atoms with Crippen LogP contribution in [0.25, 0.3) is 10.9 Å². The van der Waals surface area contributed by atoms with Crippen LogP contribution in [0.5, 0.6) is 5.88 Å². The number of halogens is 3. The molecule has 31 heavy (non-hydrogen) atoms. The van der Waals surface area contributed by atoms with Crippen molar-refractivity contribution in [2.75, 3.05) is 20.2 Å². The molecule has 4 rings (SSSR count). The third-order valence-electron chi connectivity index (χ3n) is 5.64. The average molecular weight is 439 g/mol. The summed E-state index contributed by atoms with van der Waals surface area (Å²) in [5.74, 6) is -0.912. The minimum absolute atomic E-state index is 0.0851. The second-order valence-corrected chi connectivity index (χ2v) is 7.70. The summed E-state index contributed by atoms with van der Waals surface area (Å²) in [6.07, 6.45) is -1.64. The van der Waals surface area contributed by atoms with Crippen LogP contribution in [0, 0.1) is 11.8 Å². The summed E-state index contributed by atoms with van der Waals surface area (Å²) in [5, 5.41) is 14.6. The lowest BCUT2D eigenvalue weighted by molar-refractivity contribution is -0.192. The molecule has 1 unspecified atom stereocenters. The van der Waals surface area contributed by atoms with E-state index in [0.29, 0.717) is 11.4 Å². The minimum atomic E-state index is -5.08. The van der Waals surface area contributed by atoms with Gasteiger partial charge in [0.05, 0.1) is 12.6 Å². The van der Waals surface area contributed by atoms with E-state index in [-0.39, 0.29) is 11.9 Å². The van der Waals surface area contributed by atoms with Crippen LogP contribution in [0.1, 0.15) is 29.6 Å². The minimum Gasteiger partial charge on any atom is -0.480 e. The van der Waals surface area contributed by atoms with Gasteiger partial charge in [-0.1, -0.05) is 18.2 Å². The zero-order chi connectivity index (χ0) is 22.6.